The molecule has 0 aromatic carbocycles. The molecule has 6 heteroatoms. The minimum absolute atomic E-state index is 0.647. The van der Waals surface area contributed by atoms with Gasteiger partial charge in [-0.25, -0.2) is 9.97 Å². The molecule has 0 fully saturated rings. The predicted octanol–water partition coefficient (Wildman–Crippen LogP) is 1.08. The van der Waals surface area contributed by atoms with Crippen molar-refractivity contribution in [3.63, 3.8) is 0 Å². The SMILES string of the molecule is CN(C)c1nccc(Nc2cnccn2)n1. The van der Waals surface area contributed by atoms with Crippen LogP contribution in [0.2, 0.25) is 0 Å². The Kier molecular flexibility index (Phi) is 2.90. The summed E-state index contributed by atoms with van der Waals surface area (Å²) in [5.74, 6) is 2.00. The number of nitrogens with zero attached hydrogens (tertiary/aromatic N) is 5. The Bertz CT molecular complexity index is 456. The summed E-state index contributed by atoms with van der Waals surface area (Å²) in [6.07, 6.45) is 6.57. The van der Waals surface area contributed by atoms with Crippen LogP contribution in [0.4, 0.5) is 17.6 Å². The van der Waals surface area contributed by atoms with Gasteiger partial charge in [-0.05, 0) is 6.07 Å². The van der Waals surface area contributed by atoms with Crippen LogP contribution < -0.4 is 10.2 Å². The maximum atomic E-state index is 4.30. The first kappa shape index (κ1) is 10.3. The number of aromatic nitrogens is 4. The van der Waals surface area contributed by atoms with Crippen molar-refractivity contribution in [1.29, 1.82) is 0 Å². The molecule has 6 nitrogen and oxygen atoms in total. The Morgan fingerprint density at radius 2 is 1.94 bits per heavy atom. The predicted molar refractivity (Wildman–Crippen MR) is 61.7 cm³/mol. The normalized spacial score (nSPS) is 9.88. The average Bonchev–Trinajstić information content (AvgIpc) is 2.30. The molecule has 0 atom stereocenters. The summed E-state index contributed by atoms with van der Waals surface area (Å²) in [7, 11) is 3.78. The molecule has 2 rings (SSSR count). The Morgan fingerprint density at radius 1 is 1.06 bits per heavy atom. The third-order valence-corrected chi connectivity index (χ3v) is 1.86. The second-order valence-electron chi connectivity index (χ2n) is 3.35. The zero-order chi connectivity index (χ0) is 11.4. The van der Waals surface area contributed by atoms with Gasteiger partial charge in [-0.15, -0.1) is 0 Å². The van der Waals surface area contributed by atoms with Gasteiger partial charge < -0.3 is 10.2 Å². The molecule has 82 valence electrons. The Balaban J connectivity index is 2.19. The summed E-state index contributed by atoms with van der Waals surface area (Å²) in [4.78, 5) is 18.3. The largest absolute Gasteiger partial charge is 0.347 e. The van der Waals surface area contributed by atoms with Crippen LogP contribution in [0.1, 0.15) is 0 Å². The van der Waals surface area contributed by atoms with Gasteiger partial charge in [0.1, 0.15) is 11.6 Å². The zero-order valence-electron chi connectivity index (χ0n) is 9.12. The fourth-order valence-corrected chi connectivity index (χ4v) is 1.13. The Labute approximate surface area is 93.4 Å². The lowest BCUT2D eigenvalue weighted by Crippen LogP contribution is -2.13. The van der Waals surface area contributed by atoms with Gasteiger partial charge in [0.15, 0.2) is 0 Å². The maximum absolute atomic E-state index is 4.30. The quantitative estimate of drug-likeness (QED) is 0.828. The molecule has 0 unspecified atom stereocenters. The molecule has 0 aliphatic heterocycles. The third-order valence-electron chi connectivity index (χ3n) is 1.86. The highest BCUT2D eigenvalue weighted by Gasteiger charge is 2.01. The standard InChI is InChI=1S/C10H12N6/c1-16(2)10-13-4-3-8(15-10)14-9-7-11-5-6-12-9/h3-7H,1-2H3,(H,12,13,14,15). The monoisotopic (exact) mass is 216 g/mol. The van der Waals surface area contributed by atoms with Crippen LogP contribution in [-0.4, -0.2) is 34.0 Å². The third kappa shape index (κ3) is 2.41. The van der Waals surface area contributed by atoms with Crippen LogP contribution in [0.15, 0.2) is 30.9 Å². The van der Waals surface area contributed by atoms with Crippen LogP contribution >= 0.6 is 0 Å². The van der Waals surface area contributed by atoms with Gasteiger partial charge in [0.2, 0.25) is 5.95 Å². The van der Waals surface area contributed by atoms with E-state index < -0.39 is 0 Å². The van der Waals surface area contributed by atoms with E-state index in [2.05, 4.69) is 25.3 Å². The fraction of sp³-hybridized carbons (Fsp3) is 0.200. The van der Waals surface area contributed by atoms with Crippen LogP contribution in [0.5, 0.6) is 0 Å². The van der Waals surface area contributed by atoms with Crippen molar-refractivity contribution in [2.75, 3.05) is 24.3 Å². The van der Waals surface area contributed by atoms with Gasteiger partial charge in [-0.1, -0.05) is 0 Å². The number of anilines is 3. The lowest BCUT2D eigenvalue weighted by molar-refractivity contribution is 0.999. The van der Waals surface area contributed by atoms with E-state index >= 15 is 0 Å². The van der Waals surface area contributed by atoms with E-state index in [9.17, 15) is 0 Å². The van der Waals surface area contributed by atoms with E-state index in [1.807, 2.05) is 19.0 Å². The molecule has 0 saturated carbocycles. The van der Waals surface area contributed by atoms with Gasteiger partial charge in [-0.3, -0.25) is 4.98 Å². The molecular weight excluding hydrogens is 204 g/mol. The Morgan fingerprint density at radius 3 is 2.62 bits per heavy atom. The molecule has 0 radical (unpaired) electrons. The Hall–Kier alpha value is -2.24. The van der Waals surface area contributed by atoms with E-state index in [-0.39, 0.29) is 0 Å². The maximum Gasteiger partial charge on any atom is 0.226 e. The van der Waals surface area contributed by atoms with Gasteiger partial charge in [0.25, 0.3) is 0 Å². The summed E-state index contributed by atoms with van der Waals surface area (Å²) in [6.45, 7) is 0. The van der Waals surface area contributed by atoms with Crippen molar-refractivity contribution in [2.24, 2.45) is 0 Å². The average molecular weight is 216 g/mol. The first-order chi connectivity index (χ1) is 7.75. The molecule has 0 spiro atoms. The summed E-state index contributed by atoms with van der Waals surface area (Å²) in [5, 5.41) is 3.05. The van der Waals surface area contributed by atoms with Crippen LogP contribution in [-0.2, 0) is 0 Å². The molecule has 0 aliphatic carbocycles. The number of hydrogen-bond donors (Lipinski definition) is 1. The van der Waals surface area contributed by atoms with Crippen LogP contribution in [0.3, 0.4) is 0 Å². The summed E-state index contributed by atoms with van der Waals surface area (Å²) >= 11 is 0. The summed E-state index contributed by atoms with van der Waals surface area (Å²) in [6, 6.07) is 1.78. The molecule has 0 aliphatic rings. The molecular formula is C10H12N6. The first-order valence-corrected chi connectivity index (χ1v) is 4.79. The van der Waals surface area contributed by atoms with Crippen LogP contribution in [0.25, 0.3) is 0 Å². The molecule has 2 heterocycles. The van der Waals surface area contributed by atoms with Gasteiger partial charge >= 0.3 is 0 Å². The van der Waals surface area contributed by atoms with Crippen LogP contribution in [0, 0.1) is 0 Å². The van der Waals surface area contributed by atoms with Crippen molar-refractivity contribution in [2.45, 2.75) is 0 Å². The number of rotatable bonds is 3. The van der Waals surface area contributed by atoms with Gasteiger partial charge in [-0.2, -0.15) is 4.98 Å². The van der Waals surface area contributed by atoms with Gasteiger partial charge in [0.05, 0.1) is 6.20 Å². The van der Waals surface area contributed by atoms with Crippen molar-refractivity contribution in [3.8, 4) is 0 Å². The topological polar surface area (TPSA) is 66.8 Å². The molecule has 2 aromatic rings. The highest BCUT2D eigenvalue weighted by Crippen LogP contribution is 2.12. The highest BCUT2D eigenvalue weighted by molar-refractivity contribution is 5.51. The first-order valence-electron chi connectivity index (χ1n) is 4.79. The van der Waals surface area contributed by atoms with Gasteiger partial charge in [0, 0.05) is 32.7 Å². The molecule has 1 N–H and O–H groups in total. The lowest BCUT2D eigenvalue weighted by atomic mass is 10.5. The van der Waals surface area contributed by atoms with E-state index in [1.54, 1.807) is 30.9 Å². The van der Waals surface area contributed by atoms with E-state index in [4.69, 9.17) is 0 Å². The summed E-state index contributed by atoms with van der Waals surface area (Å²) < 4.78 is 0. The molecule has 0 bridgehead atoms. The molecule has 2 aromatic heterocycles. The molecule has 16 heavy (non-hydrogen) atoms. The second kappa shape index (κ2) is 4.52. The van der Waals surface area contributed by atoms with E-state index in [0.29, 0.717) is 17.6 Å². The smallest absolute Gasteiger partial charge is 0.226 e. The molecule has 0 amide bonds. The van der Waals surface area contributed by atoms with Crippen molar-refractivity contribution < 1.29 is 0 Å². The van der Waals surface area contributed by atoms with Crippen molar-refractivity contribution in [1.82, 2.24) is 19.9 Å². The van der Waals surface area contributed by atoms with Crippen molar-refractivity contribution in [3.05, 3.63) is 30.9 Å². The number of hydrogen-bond acceptors (Lipinski definition) is 6. The minimum atomic E-state index is 0.647. The molecule has 0 saturated heterocycles. The summed E-state index contributed by atoms with van der Waals surface area (Å²) in [5.41, 5.74) is 0. The van der Waals surface area contributed by atoms with E-state index in [1.165, 1.54) is 0 Å². The van der Waals surface area contributed by atoms with Crippen molar-refractivity contribution >= 4 is 17.6 Å². The lowest BCUT2D eigenvalue weighted by Gasteiger charge is -2.11. The number of nitrogens with one attached hydrogen (secondary N) is 1. The van der Waals surface area contributed by atoms with E-state index in [0.717, 1.165) is 0 Å². The second-order valence-corrected chi connectivity index (χ2v) is 3.35. The fourth-order valence-electron chi connectivity index (χ4n) is 1.13. The zero-order valence-corrected chi connectivity index (χ0v) is 9.12. The highest BCUT2D eigenvalue weighted by atomic mass is 15.2. The minimum Gasteiger partial charge on any atom is -0.347 e.